The number of rotatable bonds is 26. The molecule has 2 aliphatic heterocycles. The van der Waals surface area contributed by atoms with Gasteiger partial charge in [-0.15, -0.1) is 0 Å². The monoisotopic (exact) mass is 1020 g/mol. The van der Waals surface area contributed by atoms with Gasteiger partial charge >= 0.3 is 0 Å². The Morgan fingerprint density at radius 1 is 0.685 bits per heavy atom. The standard InChI is InChI=1S/C53H79N7O13/c1-8-9-10-11-12-13-34-40-20-35-28(2)18-31(56-35)19-36-29(3)32(14-16-46(67)54-24-41(63)49(70)51(72)43(65)26-61)38(57-36)21-39-33(15-17-47(68)55-25-42(64)50(71)52(73)44(66)27-62)30(4)37(58-39)22-45(59-40)53(34,5)23-48(69)60(6)7/h18-22,34,41-44,49-52,56,58,61-66,70-73H,8-17,23-27H2,1-7H3,(H,54,67)(H,55,68)/t34-,41+,42+,43-,44-,49-,50-,51-,52-,53-/m1/s1. The second kappa shape index (κ2) is 26.4. The summed E-state index contributed by atoms with van der Waals surface area (Å²) in [5.74, 6) is -1.13. The van der Waals surface area contributed by atoms with Crippen molar-refractivity contribution in [3.05, 3.63) is 69.8 Å². The maximum atomic E-state index is 13.8. The average Bonchev–Trinajstić information content (AvgIpc) is 4.04. The summed E-state index contributed by atoms with van der Waals surface area (Å²) < 4.78 is 0. The molecule has 0 unspecified atom stereocenters. The number of hydrogen-bond acceptors (Lipinski definition) is 15. The van der Waals surface area contributed by atoms with Crippen LogP contribution < -0.4 is 10.6 Å². The van der Waals surface area contributed by atoms with Crippen molar-refractivity contribution in [2.75, 3.05) is 40.4 Å². The summed E-state index contributed by atoms with van der Waals surface area (Å²) in [5.41, 5.74) is 8.90. The summed E-state index contributed by atoms with van der Waals surface area (Å²) in [7, 11) is 3.49. The number of nitrogens with zero attached hydrogens (tertiary/aromatic N) is 3. The van der Waals surface area contributed by atoms with E-state index in [2.05, 4.69) is 40.5 Å². The van der Waals surface area contributed by atoms with Gasteiger partial charge in [0.1, 0.15) is 36.6 Å². The van der Waals surface area contributed by atoms with Crippen molar-refractivity contribution in [2.45, 2.75) is 165 Å². The van der Waals surface area contributed by atoms with Crippen molar-refractivity contribution in [3.8, 4) is 0 Å². The molecule has 73 heavy (non-hydrogen) atoms. The summed E-state index contributed by atoms with van der Waals surface area (Å²) in [6.45, 7) is 7.52. The predicted molar refractivity (Wildman–Crippen MR) is 276 cm³/mol. The van der Waals surface area contributed by atoms with E-state index in [0.717, 1.165) is 83.1 Å². The highest BCUT2D eigenvalue weighted by Gasteiger charge is 2.45. The molecule has 5 heterocycles. The fourth-order valence-electron chi connectivity index (χ4n) is 9.61. The zero-order valence-electron chi connectivity index (χ0n) is 43.2. The molecule has 0 aromatic carbocycles. The molecule has 0 fully saturated rings. The molecule has 5 rings (SSSR count). The molecule has 14 N–H and O–H groups in total. The molecule has 20 heteroatoms. The summed E-state index contributed by atoms with van der Waals surface area (Å²) >= 11 is 0. The van der Waals surface area contributed by atoms with E-state index < -0.39 is 92.4 Å². The quantitative estimate of drug-likeness (QED) is 0.0508. The van der Waals surface area contributed by atoms with Gasteiger partial charge in [-0.2, -0.15) is 0 Å². The Balaban J connectivity index is 1.64. The highest BCUT2D eigenvalue weighted by Crippen LogP contribution is 2.48. The number of carbonyl (C=O) groups excluding carboxylic acids is 3. The normalized spacial score (nSPS) is 19.2. The number of aliphatic hydroxyl groups excluding tert-OH is 10. The Hall–Kier alpha value is -5.13. The number of fused-ring (bicyclic) bond motifs is 8. The largest absolute Gasteiger partial charge is 0.394 e. The van der Waals surface area contributed by atoms with Crippen LogP contribution in [0.4, 0.5) is 0 Å². The Labute approximate surface area is 426 Å². The maximum Gasteiger partial charge on any atom is 0.223 e. The van der Waals surface area contributed by atoms with Crippen LogP contribution in [0.15, 0.2) is 30.3 Å². The summed E-state index contributed by atoms with van der Waals surface area (Å²) in [6.07, 6.45) is -7.59. The maximum absolute atomic E-state index is 13.8. The van der Waals surface area contributed by atoms with Crippen molar-refractivity contribution < 1.29 is 65.4 Å². The molecule has 0 aliphatic carbocycles. The number of H-pyrrole nitrogens is 2. The van der Waals surface area contributed by atoms with E-state index in [4.69, 9.17) is 15.1 Å². The molecule has 404 valence electrons. The first-order valence-electron chi connectivity index (χ1n) is 25.4. The van der Waals surface area contributed by atoms with Crippen LogP contribution in [0.5, 0.6) is 0 Å². The molecule has 3 aromatic heterocycles. The molecule has 0 saturated heterocycles. The van der Waals surface area contributed by atoms with E-state index in [1.807, 2.05) is 45.0 Å². The van der Waals surface area contributed by atoms with E-state index in [9.17, 15) is 60.3 Å². The Kier molecular flexibility index (Phi) is 21.2. The smallest absolute Gasteiger partial charge is 0.223 e. The molecule has 20 nitrogen and oxygen atoms in total. The first kappa shape index (κ1) is 58.8. The number of amides is 3. The molecular weight excluding hydrogens is 943 g/mol. The van der Waals surface area contributed by atoms with Gasteiger partial charge in [0.15, 0.2) is 0 Å². The topological polar surface area (TPSA) is 338 Å². The minimum Gasteiger partial charge on any atom is -0.394 e. The van der Waals surface area contributed by atoms with Crippen molar-refractivity contribution >= 4 is 50.9 Å². The summed E-state index contributed by atoms with van der Waals surface area (Å²) in [6, 6.07) is 9.86. The molecular formula is C53H79N7O13. The number of aliphatic hydroxyl groups is 10. The zero-order valence-corrected chi connectivity index (χ0v) is 43.2. The number of aryl methyl sites for hydroxylation is 3. The van der Waals surface area contributed by atoms with Crippen LogP contribution in [-0.4, -0.2) is 183 Å². The molecule has 3 amide bonds. The highest BCUT2D eigenvalue weighted by molar-refractivity contribution is 5.94. The van der Waals surface area contributed by atoms with Gasteiger partial charge < -0.3 is 76.6 Å². The number of carbonyl (C=O) groups is 3. The number of aromatic amines is 2. The van der Waals surface area contributed by atoms with Gasteiger partial charge in [-0.25, -0.2) is 4.98 Å². The Morgan fingerprint density at radius 2 is 1.26 bits per heavy atom. The number of nitrogens with one attached hydrogen (secondary N) is 4. The lowest BCUT2D eigenvalue weighted by Crippen LogP contribution is -2.49. The van der Waals surface area contributed by atoms with Crippen LogP contribution in [0.1, 0.15) is 130 Å². The predicted octanol–water partition coefficient (Wildman–Crippen LogP) is 1.56. The zero-order chi connectivity index (χ0) is 53.9. The van der Waals surface area contributed by atoms with Crippen molar-refractivity contribution in [2.24, 2.45) is 0 Å². The van der Waals surface area contributed by atoms with Crippen LogP contribution in [0.3, 0.4) is 0 Å². The third-order valence-corrected chi connectivity index (χ3v) is 14.5. The van der Waals surface area contributed by atoms with Crippen molar-refractivity contribution in [3.63, 3.8) is 0 Å². The lowest BCUT2D eigenvalue weighted by Gasteiger charge is -2.32. The van der Waals surface area contributed by atoms with Crippen LogP contribution in [0.2, 0.25) is 0 Å². The van der Waals surface area contributed by atoms with Gasteiger partial charge in [-0.05, 0) is 98.2 Å². The van der Waals surface area contributed by atoms with Crippen LogP contribution in [-0.2, 0) is 26.2 Å². The first-order chi connectivity index (χ1) is 34.5. The van der Waals surface area contributed by atoms with Crippen molar-refractivity contribution in [1.29, 1.82) is 0 Å². The number of hydrogen-bond donors (Lipinski definition) is 14. The summed E-state index contributed by atoms with van der Waals surface area (Å²) in [4.78, 5) is 59.7. The fourth-order valence-corrected chi connectivity index (χ4v) is 9.61. The molecule has 2 aliphatic rings. The lowest BCUT2D eigenvalue weighted by molar-refractivity contribution is -0.130. The van der Waals surface area contributed by atoms with E-state index in [-0.39, 0.29) is 43.9 Å². The molecule has 8 bridgehead atoms. The Morgan fingerprint density at radius 3 is 1.84 bits per heavy atom. The second-order valence-electron chi connectivity index (χ2n) is 20.2. The molecule has 10 atom stereocenters. The van der Waals surface area contributed by atoms with Gasteiger partial charge in [0.05, 0.1) is 36.8 Å². The van der Waals surface area contributed by atoms with Gasteiger partial charge in [0.25, 0.3) is 0 Å². The van der Waals surface area contributed by atoms with Crippen LogP contribution >= 0.6 is 0 Å². The molecule has 3 aromatic rings. The third kappa shape index (κ3) is 14.6. The van der Waals surface area contributed by atoms with E-state index in [0.29, 0.717) is 28.1 Å². The lowest BCUT2D eigenvalue weighted by atomic mass is 9.70. The first-order valence-corrected chi connectivity index (χ1v) is 25.4. The summed E-state index contributed by atoms with van der Waals surface area (Å²) in [5, 5.41) is 105. The minimum absolute atomic E-state index is 0.0415. The second-order valence-corrected chi connectivity index (χ2v) is 20.2. The number of unbranched alkanes of at least 4 members (excludes halogenated alkanes) is 4. The fraction of sp³-hybridized carbons (Fsp3) is 0.604. The van der Waals surface area contributed by atoms with Crippen LogP contribution in [0, 0.1) is 13.8 Å². The molecule has 0 spiro atoms. The van der Waals surface area contributed by atoms with E-state index >= 15 is 0 Å². The third-order valence-electron chi connectivity index (χ3n) is 14.5. The Bertz CT molecular complexity index is 2580. The average molecular weight is 1020 g/mol. The molecule has 0 saturated carbocycles. The van der Waals surface area contributed by atoms with Crippen molar-refractivity contribution in [1.82, 2.24) is 35.5 Å². The van der Waals surface area contributed by atoms with E-state index in [1.54, 1.807) is 19.0 Å². The van der Waals surface area contributed by atoms with Crippen LogP contribution in [0.25, 0.3) is 33.2 Å². The SMILES string of the molecule is CCCCCCC[C@@H]1c2cc3[nH]c(cc4nc(cc5[nH]c(cc(n2)[C@]1(C)CC(=O)N(C)C)c(C)c5CCC(=O)NC[C@H](O)[C@@H](O)[C@H](O)[C@H](O)CO)C(CCC(=O)NC[C@H](O)[C@@H](O)[C@H](O)[C@H](O)CO)=C4C)cc3C. The van der Waals surface area contributed by atoms with Gasteiger partial charge in [-0.1, -0.05) is 46.0 Å². The minimum atomic E-state index is -1.86. The number of allylic oxidation sites excluding steroid dienone is 2. The van der Waals surface area contributed by atoms with Gasteiger partial charge in [0, 0.05) is 91.2 Å². The van der Waals surface area contributed by atoms with Gasteiger partial charge in [-0.3, -0.25) is 19.4 Å². The van der Waals surface area contributed by atoms with Gasteiger partial charge in [0.2, 0.25) is 17.7 Å². The molecule has 0 radical (unpaired) electrons. The highest BCUT2D eigenvalue weighted by atomic mass is 16.4. The van der Waals surface area contributed by atoms with E-state index in [1.165, 1.54) is 0 Å². The number of aromatic nitrogens is 4.